The fourth-order valence-corrected chi connectivity index (χ4v) is 1.28. The maximum Gasteiger partial charge on any atom is 0.138 e. The lowest BCUT2D eigenvalue weighted by Crippen LogP contribution is -1.99. The highest BCUT2D eigenvalue weighted by atomic mass is 16.5. The van der Waals surface area contributed by atoms with E-state index in [1.807, 2.05) is 24.4 Å². The molecule has 0 saturated carbocycles. The van der Waals surface area contributed by atoms with Crippen molar-refractivity contribution < 1.29 is 4.74 Å². The highest BCUT2D eigenvalue weighted by molar-refractivity contribution is 5.81. The third kappa shape index (κ3) is 1.48. The van der Waals surface area contributed by atoms with Gasteiger partial charge in [0.1, 0.15) is 6.73 Å². The van der Waals surface area contributed by atoms with Crippen molar-refractivity contribution in [2.24, 2.45) is 0 Å². The van der Waals surface area contributed by atoms with E-state index in [2.05, 4.69) is 5.10 Å². The summed E-state index contributed by atoms with van der Waals surface area (Å²) in [5.74, 6) is 0. The molecule has 0 fully saturated rings. The average molecular weight is 177 g/mol. The summed E-state index contributed by atoms with van der Waals surface area (Å²) >= 11 is 0. The fourth-order valence-electron chi connectivity index (χ4n) is 1.28. The van der Waals surface area contributed by atoms with Crippen LogP contribution in [0.2, 0.25) is 0 Å². The summed E-state index contributed by atoms with van der Waals surface area (Å²) in [6, 6.07) is 5.66. The molecule has 13 heavy (non-hydrogen) atoms. The summed E-state index contributed by atoms with van der Waals surface area (Å²) in [7, 11) is 1.64. The van der Waals surface area contributed by atoms with Crippen LogP contribution in [0.4, 0.5) is 5.69 Å². The van der Waals surface area contributed by atoms with Crippen LogP contribution in [0.25, 0.3) is 10.9 Å². The number of hydrogen-bond acceptors (Lipinski definition) is 3. The van der Waals surface area contributed by atoms with Crippen LogP contribution in [-0.4, -0.2) is 16.9 Å². The maximum atomic E-state index is 5.63. The minimum absolute atomic E-state index is 0.467. The molecule has 1 heterocycles. The van der Waals surface area contributed by atoms with Crippen LogP contribution in [-0.2, 0) is 11.5 Å². The Morgan fingerprint density at radius 1 is 1.54 bits per heavy atom. The van der Waals surface area contributed by atoms with E-state index in [-0.39, 0.29) is 0 Å². The van der Waals surface area contributed by atoms with Crippen molar-refractivity contribution >= 4 is 16.6 Å². The number of hydrogen-bond donors (Lipinski definition) is 1. The molecule has 0 amide bonds. The molecule has 4 heteroatoms. The SMILES string of the molecule is COCn1cc2ccc(N)cc2n1. The van der Waals surface area contributed by atoms with Crippen LogP contribution in [0.15, 0.2) is 24.4 Å². The van der Waals surface area contributed by atoms with Crippen molar-refractivity contribution in [2.45, 2.75) is 6.73 Å². The Bertz CT molecular complexity index is 422. The van der Waals surface area contributed by atoms with Gasteiger partial charge in [-0.3, -0.25) is 0 Å². The van der Waals surface area contributed by atoms with Gasteiger partial charge in [0.25, 0.3) is 0 Å². The third-order valence-corrected chi connectivity index (χ3v) is 1.84. The Balaban J connectivity index is 2.49. The molecule has 4 nitrogen and oxygen atoms in total. The molecule has 0 aliphatic carbocycles. The number of nitrogens with two attached hydrogens (primary N) is 1. The molecule has 0 spiro atoms. The van der Waals surface area contributed by atoms with Crippen molar-refractivity contribution in [3.63, 3.8) is 0 Å². The molecule has 2 aromatic rings. The zero-order chi connectivity index (χ0) is 9.26. The van der Waals surface area contributed by atoms with Crippen LogP contribution in [0.1, 0.15) is 0 Å². The molecule has 0 bridgehead atoms. The molecular weight excluding hydrogens is 166 g/mol. The number of rotatable bonds is 2. The summed E-state index contributed by atoms with van der Waals surface area (Å²) in [5, 5.41) is 5.35. The van der Waals surface area contributed by atoms with Gasteiger partial charge in [0, 0.05) is 24.4 Å². The molecule has 1 aromatic carbocycles. The van der Waals surface area contributed by atoms with Crippen molar-refractivity contribution in [1.29, 1.82) is 0 Å². The minimum Gasteiger partial charge on any atom is -0.399 e. The molecule has 2 N–H and O–H groups in total. The van der Waals surface area contributed by atoms with Gasteiger partial charge in [-0.15, -0.1) is 0 Å². The smallest absolute Gasteiger partial charge is 0.138 e. The Morgan fingerprint density at radius 3 is 3.15 bits per heavy atom. The largest absolute Gasteiger partial charge is 0.399 e. The van der Waals surface area contributed by atoms with Crippen LogP contribution in [0, 0.1) is 0 Å². The predicted octanol–water partition coefficient (Wildman–Crippen LogP) is 1.22. The van der Waals surface area contributed by atoms with Gasteiger partial charge in [0.15, 0.2) is 0 Å². The van der Waals surface area contributed by atoms with Crippen molar-refractivity contribution in [1.82, 2.24) is 9.78 Å². The monoisotopic (exact) mass is 177 g/mol. The van der Waals surface area contributed by atoms with Crippen LogP contribution >= 0.6 is 0 Å². The average Bonchev–Trinajstić information content (AvgIpc) is 2.46. The number of aromatic nitrogens is 2. The first kappa shape index (κ1) is 8.07. The van der Waals surface area contributed by atoms with Crippen molar-refractivity contribution in [3.05, 3.63) is 24.4 Å². The quantitative estimate of drug-likeness (QED) is 0.702. The highest BCUT2D eigenvalue weighted by Gasteiger charge is 1.99. The molecule has 0 unspecified atom stereocenters. The van der Waals surface area contributed by atoms with Crippen molar-refractivity contribution in [2.75, 3.05) is 12.8 Å². The maximum absolute atomic E-state index is 5.63. The molecule has 0 saturated heterocycles. The first-order valence-electron chi connectivity index (χ1n) is 4.01. The summed E-state index contributed by atoms with van der Waals surface area (Å²) in [5.41, 5.74) is 7.26. The third-order valence-electron chi connectivity index (χ3n) is 1.84. The van der Waals surface area contributed by atoms with Gasteiger partial charge < -0.3 is 10.5 Å². The second kappa shape index (κ2) is 3.06. The normalized spacial score (nSPS) is 10.8. The zero-order valence-corrected chi connectivity index (χ0v) is 7.40. The Hall–Kier alpha value is -1.55. The number of nitrogens with zero attached hydrogens (tertiary/aromatic N) is 2. The molecule has 2 rings (SSSR count). The Labute approximate surface area is 75.9 Å². The number of benzene rings is 1. The van der Waals surface area contributed by atoms with Gasteiger partial charge in [-0.05, 0) is 18.2 Å². The number of nitrogen functional groups attached to an aromatic ring is 1. The number of ether oxygens (including phenoxy) is 1. The molecule has 1 aromatic heterocycles. The van der Waals surface area contributed by atoms with E-state index in [1.165, 1.54) is 0 Å². The lowest BCUT2D eigenvalue weighted by atomic mass is 10.2. The zero-order valence-electron chi connectivity index (χ0n) is 7.40. The second-order valence-electron chi connectivity index (χ2n) is 2.90. The lowest BCUT2D eigenvalue weighted by molar-refractivity contribution is 0.121. The Morgan fingerprint density at radius 2 is 2.38 bits per heavy atom. The van der Waals surface area contributed by atoms with Gasteiger partial charge in [-0.2, -0.15) is 5.10 Å². The number of anilines is 1. The van der Waals surface area contributed by atoms with Gasteiger partial charge in [0.2, 0.25) is 0 Å². The van der Waals surface area contributed by atoms with Crippen LogP contribution < -0.4 is 5.73 Å². The van der Waals surface area contributed by atoms with Gasteiger partial charge in [-0.25, -0.2) is 4.68 Å². The second-order valence-corrected chi connectivity index (χ2v) is 2.90. The minimum atomic E-state index is 0.467. The van der Waals surface area contributed by atoms with Crippen molar-refractivity contribution in [3.8, 4) is 0 Å². The van der Waals surface area contributed by atoms with Gasteiger partial charge in [-0.1, -0.05) is 0 Å². The van der Waals surface area contributed by atoms with E-state index in [0.29, 0.717) is 6.73 Å². The summed E-state index contributed by atoms with van der Waals surface area (Å²) < 4.78 is 6.70. The topological polar surface area (TPSA) is 53.1 Å². The van der Waals surface area contributed by atoms with E-state index in [1.54, 1.807) is 11.8 Å². The van der Waals surface area contributed by atoms with Crippen LogP contribution in [0.3, 0.4) is 0 Å². The van der Waals surface area contributed by atoms with E-state index < -0.39 is 0 Å². The molecule has 68 valence electrons. The number of methoxy groups -OCH3 is 1. The first-order valence-corrected chi connectivity index (χ1v) is 4.01. The lowest BCUT2D eigenvalue weighted by Gasteiger charge is -1.95. The summed E-state index contributed by atoms with van der Waals surface area (Å²) in [4.78, 5) is 0. The molecule has 0 aliphatic rings. The standard InChI is InChI=1S/C9H11N3O/c1-13-6-12-5-7-2-3-8(10)4-9(7)11-12/h2-5H,6,10H2,1H3. The van der Waals surface area contributed by atoms with E-state index >= 15 is 0 Å². The molecule has 0 aliphatic heterocycles. The Kier molecular flexibility index (Phi) is 1.90. The summed E-state index contributed by atoms with van der Waals surface area (Å²) in [6.07, 6.45) is 1.93. The van der Waals surface area contributed by atoms with Gasteiger partial charge in [0.05, 0.1) is 5.52 Å². The molecule has 0 radical (unpaired) electrons. The first-order chi connectivity index (χ1) is 6.29. The van der Waals surface area contributed by atoms with E-state index in [4.69, 9.17) is 10.5 Å². The fraction of sp³-hybridized carbons (Fsp3) is 0.222. The van der Waals surface area contributed by atoms with Crippen LogP contribution in [0.5, 0.6) is 0 Å². The van der Waals surface area contributed by atoms with E-state index in [0.717, 1.165) is 16.6 Å². The van der Waals surface area contributed by atoms with E-state index in [9.17, 15) is 0 Å². The molecular formula is C9H11N3O. The number of fused-ring (bicyclic) bond motifs is 1. The predicted molar refractivity (Wildman–Crippen MR) is 51.2 cm³/mol. The summed E-state index contributed by atoms with van der Waals surface area (Å²) in [6.45, 7) is 0.467. The molecule has 0 atom stereocenters. The highest BCUT2D eigenvalue weighted by Crippen LogP contribution is 2.15. The van der Waals surface area contributed by atoms with Gasteiger partial charge >= 0.3 is 0 Å².